The normalized spacial score (nSPS) is 11.9. The summed E-state index contributed by atoms with van der Waals surface area (Å²) in [7, 11) is 0. The fourth-order valence-corrected chi connectivity index (χ4v) is 1.59. The van der Waals surface area contributed by atoms with Gasteiger partial charge in [-0.2, -0.15) is 10.2 Å². The molecule has 19 heavy (non-hydrogen) atoms. The summed E-state index contributed by atoms with van der Waals surface area (Å²) < 4.78 is 0. The third kappa shape index (κ3) is 3.99. The summed E-state index contributed by atoms with van der Waals surface area (Å²) in [6.45, 7) is 3.22. The van der Waals surface area contributed by atoms with Crippen molar-refractivity contribution in [2.45, 2.75) is 32.7 Å². The molecule has 0 aliphatic heterocycles. The Labute approximate surface area is 110 Å². The standard InChI is InChI=1S/C12H17N3O4/c1-3-9-8(6-7(2)14-15-9)11(17)13-10(4-5-16)12(18)19/h6,10,16H,3-5H2,1-2H3,(H,13,17)(H,18,19). The smallest absolute Gasteiger partial charge is 0.326 e. The molecule has 0 fully saturated rings. The second kappa shape index (κ2) is 6.79. The van der Waals surface area contributed by atoms with Crippen molar-refractivity contribution >= 4 is 11.9 Å². The highest BCUT2D eigenvalue weighted by Gasteiger charge is 2.22. The maximum atomic E-state index is 12.0. The van der Waals surface area contributed by atoms with Gasteiger partial charge in [0.2, 0.25) is 0 Å². The number of hydrogen-bond donors (Lipinski definition) is 3. The zero-order chi connectivity index (χ0) is 14.4. The number of nitrogens with one attached hydrogen (secondary N) is 1. The lowest BCUT2D eigenvalue weighted by Crippen LogP contribution is -2.41. The Kier molecular flexibility index (Phi) is 5.37. The fraction of sp³-hybridized carbons (Fsp3) is 0.500. The SMILES string of the molecule is CCc1nnc(C)cc1C(=O)NC(CCO)C(=O)O. The van der Waals surface area contributed by atoms with Crippen LogP contribution in [-0.2, 0) is 11.2 Å². The number of nitrogens with zero attached hydrogens (tertiary/aromatic N) is 2. The Morgan fingerprint density at radius 2 is 2.11 bits per heavy atom. The molecule has 0 spiro atoms. The second-order valence-electron chi connectivity index (χ2n) is 4.08. The number of carbonyl (C=O) groups excluding carboxylic acids is 1. The van der Waals surface area contributed by atoms with Gasteiger partial charge in [0.1, 0.15) is 6.04 Å². The second-order valence-corrected chi connectivity index (χ2v) is 4.08. The molecular weight excluding hydrogens is 250 g/mol. The minimum atomic E-state index is -1.18. The number of aliphatic carboxylic acids is 1. The summed E-state index contributed by atoms with van der Waals surface area (Å²) >= 11 is 0. The van der Waals surface area contributed by atoms with E-state index < -0.39 is 17.9 Å². The van der Waals surface area contributed by atoms with Crippen LogP contribution in [0.15, 0.2) is 6.07 Å². The van der Waals surface area contributed by atoms with E-state index in [1.165, 1.54) is 0 Å². The average molecular weight is 267 g/mol. The van der Waals surface area contributed by atoms with Gasteiger partial charge in [0.25, 0.3) is 5.91 Å². The van der Waals surface area contributed by atoms with Crippen LogP contribution < -0.4 is 5.32 Å². The van der Waals surface area contributed by atoms with Crippen molar-refractivity contribution in [1.29, 1.82) is 0 Å². The largest absolute Gasteiger partial charge is 0.480 e. The highest BCUT2D eigenvalue weighted by atomic mass is 16.4. The van der Waals surface area contributed by atoms with Crippen LogP contribution in [0.25, 0.3) is 0 Å². The van der Waals surface area contributed by atoms with Crippen LogP contribution in [0.5, 0.6) is 0 Å². The minimum Gasteiger partial charge on any atom is -0.480 e. The Hall–Kier alpha value is -2.02. The van der Waals surface area contributed by atoms with E-state index in [0.717, 1.165) is 0 Å². The van der Waals surface area contributed by atoms with Crippen molar-refractivity contribution in [2.24, 2.45) is 0 Å². The Balaban J connectivity index is 2.93. The third-order valence-electron chi connectivity index (χ3n) is 2.59. The predicted molar refractivity (Wildman–Crippen MR) is 66.7 cm³/mol. The number of hydrogen-bond acceptors (Lipinski definition) is 5. The molecule has 0 saturated carbocycles. The first-order valence-corrected chi connectivity index (χ1v) is 5.97. The van der Waals surface area contributed by atoms with E-state index in [0.29, 0.717) is 23.4 Å². The monoisotopic (exact) mass is 267 g/mol. The summed E-state index contributed by atoms with van der Waals surface area (Å²) in [5.41, 5.74) is 1.41. The summed E-state index contributed by atoms with van der Waals surface area (Å²) in [4.78, 5) is 23.0. The first-order valence-electron chi connectivity index (χ1n) is 5.97. The van der Waals surface area contributed by atoms with Crippen molar-refractivity contribution in [1.82, 2.24) is 15.5 Å². The number of rotatable bonds is 6. The van der Waals surface area contributed by atoms with E-state index in [-0.39, 0.29) is 13.0 Å². The van der Waals surface area contributed by atoms with Crippen molar-refractivity contribution in [2.75, 3.05) is 6.61 Å². The number of amides is 1. The van der Waals surface area contributed by atoms with Gasteiger partial charge < -0.3 is 15.5 Å². The van der Waals surface area contributed by atoms with Gasteiger partial charge in [-0.3, -0.25) is 4.79 Å². The van der Waals surface area contributed by atoms with Gasteiger partial charge in [-0.1, -0.05) is 6.92 Å². The molecule has 0 saturated heterocycles. The lowest BCUT2D eigenvalue weighted by Gasteiger charge is -2.14. The van der Waals surface area contributed by atoms with Crippen LogP contribution >= 0.6 is 0 Å². The number of aliphatic hydroxyl groups excluding tert-OH is 1. The molecule has 1 rings (SSSR count). The van der Waals surface area contributed by atoms with Gasteiger partial charge in [-0.15, -0.1) is 0 Å². The van der Waals surface area contributed by atoms with Crippen LogP contribution in [0.2, 0.25) is 0 Å². The van der Waals surface area contributed by atoms with Crippen molar-refractivity contribution < 1.29 is 19.8 Å². The van der Waals surface area contributed by atoms with Gasteiger partial charge in [0, 0.05) is 13.0 Å². The topological polar surface area (TPSA) is 112 Å². The molecule has 7 heteroatoms. The number of aromatic nitrogens is 2. The lowest BCUT2D eigenvalue weighted by molar-refractivity contribution is -0.139. The van der Waals surface area contributed by atoms with Crippen LogP contribution in [0, 0.1) is 6.92 Å². The van der Waals surface area contributed by atoms with Gasteiger partial charge in [0.05, 0.1) is 17.0 Å². The summed E-state index contributed by atoms with van der Waals surface area (Å²) in [6, 6.07) is 0.453. The Bertz CT molecular complexity index is 476. The van der Waals surface area contributed by atoms with Crippen molar-refractivity contribution in [3.8, 4) is 0 Å². The van der Waals surface area contributed by atoms with E-state index in [1.54, 1.807) is 13.0 Å². The van der Waals surface area contributed by atoms with Crippen LogP contribution in [0.1, 0.15) is 35.1 Å². The molecule has 7 nitrogen and oxygen atoms in total. The highest BCUT2D eigenvalue weighted by Crippen LogP contribution is 2.08. The minimum absolute atomic E-state index is 0.0416. The quantitative estimate of drug-likeness (QED) is 0.664. The molecule has 3 N–H and O–H groups in total. The molecule has 0 aliphatic rings. The van der Waals surface area contributed by atoms with Crippen molar-refractivity contribution in [3.63, 3.8) is 0 Å². The molecule has 0 bridgehead atoms. The lowest BCUT2D eigenvalue weighted by atomic mass is 10.1. The van der Waals surface area contributed by atoms with Crippen LogP contribution in [0.4, 0.5) is 0 Å². The van der Waals surface area contributed by atoms with Crippen LogP contribution in [-0.4, -0.2) is 44.9 Å². The van der Waals surface area contributed by atoms with Gasteiger partial charge in [0.15, 0.2) is 0 Å². The summed E-state index contributed by atoms with van der Waals surface area (Å²) in [5, 5.41) is 27.8. The summed E-state index contributed by atoms with van der Waals surface area (Å²) in [6.07, 6.45) is 0.480. The molecule has 1 atom stereocenters. The zero-order valence-electron chi connectivity index (χ0n) is 10.9. The number of carbonyl (C=O) groups is 2. The first kappa shape index (κ1) is 15.0. The molecule has 1 aromatic heterocycles. The van der Waals surface area contributed by atoms with E-state index in [2.05, 4.69) is 15.5 Å². The number of aryl methyl sites for hydroxylation is 2. The first-order chi connectivity index (χ1) is 8.99. The van der Waals surface area contributed by atoms with Gasteiger partial charge in [-0.25, -0.2) is 4.79 Å². The number of carboxylic acid groups (broad SMARTS) is 1. The molecule has 1 heterocycles. The highest BCUT2D eigenvalue weighted by molar-refractivity contribution is 5.97. The van der Waals surface area contributed by atoms with Crippen molar-refractivity contribution in [3.05, 3.63) is 23.0 Å². The molecular formula is C12H17N3O4. The molecule has 1 amide bonds. The molecule has 0 aromatic carbocycles. The van der Waals surface area contributed by atoms with Crippen LogP contribution in [0.3, 0.4) is 0 Å². The zero-order valence-corrected chi connectivity index (χ0v) is 10.9. The Morgan fingerprint density at radius 1 is 1.42 bits per heavy atom. The maximum absolute atomic E-state index is 12.0. The van der Waals surface area contributed by atoms with E-state index in [9.17, 15) is 9.59 Å². The predicted octanol–water partition coefficient (Wildman–Crippen LogP) is -0.0872. The third-order valence-corrected chi connectivity index (χ3v) is 2.59. The molecule has 1 unspecified atom stereocenters. The molecule has 0 radical (unpaired) electrons. The summed E-state index contributed by atoms with van der Waals surface area (Å²) in [5.74, 6) is -1.70. The van der Waals surface area contributed by atoms with Gasteiger partial charge in [-0.05, 0) is 19.4 Å². The van der Waals surface area contributed by atoms with E-state index in [1.807, 2.05) is 6.92 Å². The molecule has 104 valence electrons. The fourth-order valence-electron chi connectivity index (χ4n) is 1.59. The Morgan fingerprint density at radius 3 is 2.63 bits per heavy atom. The number of aliphatic hydroxyl groups is 1. The number of carboxylic acids is 1. The van der Waals surface area contributed by atoms with E-state index in [4.69, 9.17) is 10.2 Å². The molecule has 0 aliphatic carbocycles. The molecule has 1 aromatic rings. The van der Waals surface area contributed by atoms with E-state index >= 15 is 0 Å². The maximum Gasteiger partial charge on any atom is 0.326 e. The van der Waals surface area contributed by atoms with Gasteiger partial charge >= 0.3 is 5.97 Å². The average Bonchev–Trinajstić information content (AvgIpc) is 2.37.